The fourth-order valence-corrected chi connectivity index (χ4v) is 3.18. The molecule has 3 N–H and O–H groups in total. The van der Waals surface area contributed by atoms with Crippen LogP contribution in [0.2, 0.25) is 0 Å². The minimum atomic E-state index is -0.0782. The Balaban J connectivity index is 1.94. The zero-order chi connectivity index (χ0) is 12.4. The van der Waals surface area contributed by atoms with Gasteiger partial charge in [0.2, 0.25) is 0 Å². The van der Waals surface area contributed by atoms with Crippen LogP contribution in [0.4, 0.5) is 0 Å². The van der Waals surface area contributed by atoms with Crippen molar-refractivity contribution >= 4 is 33.2 Å². The molecule has 4 nitrogen and oxygen atoms in total. The summed E-state index contributed by atoms with van der Waals surface area (Å²) in [5.74, 6) is -0.0782. The van der Waals surface area contributed by atoms with Crippen LogP contribution in [0.1, 0.15) is 23.0 Å². The second-order valence-corrected chi connectivity index (χ2v) is 6.46. The standard InChI is InChI=1S/C11H15BrN2O2S/c1-2-16-7-5-6(13)10(7)14-11(15)8-3-4-9(12)17-8/h3-4,6-7,10H,2,5,13H2,1H3,(H,14,15). The van der Waals surface area contributed by atoms with Crippen molar-refractivity contribution in [2.24, 2.45) is 5.73 Å². The second-order valence-electron chi connectivity index (χ2n) is 4.00. The monoisotopic (exact) mass is 318 g/mol. The minimum Gasteiger partial charge on any atom is -0.376 e. The zero-order valence-corrected chi connectivity index (χ0v) is 11.9. The van der Waals surface area contributed by atoms with Crippen molar-refractivity contribution in [2.75, 3.05) is 6.61 Å². The van der Waals surface area contributed by atoms with E-state index in [1.807, 2.05) is 13.0 Å². The first kappa shape index (κ1) is 13.0. The van der Waals surface area contributed by atoms with Crippen LogP contribution in [0.25, 0.3) is 0 Å². The molecule has 1 fully saturated rings. The van der Waals surface area contributed by atoms with E-state index in [1.165, 1.54) is 11.3 Å². The Morgan fingerprint density at radius 2 is 2.47 bits per heavy atom. The van der Waals surface area contributed by atoms with Gasteiger partial charge in [0.05, 0.1) is 20.8 Å². The van der Waals surface area contributed by atoms with E-state index in [0.29, 0.717) is 11.5 Å². The van der Waals surface area contributed by atoms with Gasteiger partial charge in [-0.1, -0.05) is 0 Å². The molecule has 1 aromatic heterocycles. The highest BCUT2D eigenvalue weighted by Crippen LogP contribution is 2.25. The lowest BCUT2D eigenvalue weighted by atomic mass is 9.83. The highest BCUT2D eigenvalue weighted by molar-refractivity contribution is 9.11. The Morgan fingerprint density at radius 3 is 3.00 bits per heavy atom. The minimum absolute atomic E-state index is 0.00102. The van der Waals surface area contributed by atoms with Gasteiger partial charge in [-0.05, 0) is 41.4 Å². The lowest BCUT2D eigenvalue weighted by molar-refractivity contribution is -0.0299. The smallest absolute Gasteiger partial charge is 0.261 e. The summed E-state index contributed by atoms with van der Waals surface area (Å²) in [4.78, 5) is 12.6. The van der Waals surface area contributed by atoms with E-state index in [1.54, 1.807) is 6.07 Å². The van der Waals surface area contributed by atoms with Crippen molar-refractivity contribution in [3.8, 4) is 0 Å². The molecule has 1 saturated carbocycles. The van der Waals surface area contributed by atoms with Gasteiger partial charge in [0.1, 0.15) is 0 Å². The number of nitrogens with one attached hydrogen (secondary N) is 1. The third-order valence-electron chi connectivity index (χ3n) is 2.84. The summed E-state index contributed by atoms with van der Waals surface area (Å²) in [6.07, 6.45) is 0.870. The lowest BCUT2D eigenvalue weighted by Gasteiger charge is -2.42. The molecule has 3 unspecified atom stereocenters. The average molecular weight is 319 g/mol. The molecular formula is C11H15BrN2O2S. The van der Waals surface area contributed by atoms with Crippen molar-refractivity contribution in [3.05, 3.63) is 20.8 Å². The molecule has 0 radical (unpaired) electrons. The van der Waals surface area contributed by atoms with Crippen molar-refractivity contribution < 1.29 is 9.53 Å². The van der Waals surface area contributed by atoms with Gasteiger partial charge in [0, 0.05) is 12.6 Å². The SMILES string of the molecule is CCOC1CC(N)C1NC(=O)c1ccc(Br)s1. The Morgan fingerprint density at radius 1 is 1.71 bits per heavy atom. The van der Waals surface area contributed by atoms with Crippen molar-refractivity contribution in [1.29, 1.82) is 0 Å². The normalized spacial score (nSPS) is 27.6. The van der Waals surface area contributed by atoms with Gasteiger partial charge >= 0.3 is 0 Å². The molecule has 6 heteroatoms. The summed E-state index contributed by atoms with van der Waals surface area (Å²) >= 11 is 4.75. The maximum atomic E-state index is 11.9. The summed E-state index contributed by atoms with van der Waals surface area (Å²) in [6.45, 7) is 2.59. The van der Waals surface area contributed by atoms with Gasteiger partial charge in [0.25, 0.3) is 5.91 Å². The molecule has 3 atom stereocenters. The van der Waals surface area contributed by atoms with Crippen LogP contribution in [0.5, 0.6) is 0 Å². The zero-order valence-electron chi connectivity index (χ0n) is 9.48. The fraction of sp³-hybridized carbons (Fsp3) is 0.545. The van der Waals surface area contributed by atoms with E-state index in [-0.39, 0.29) is 24.1 Å². The maximum Gasteiger partial charge on any atom is 0.261 e. The van der Waals surface area contributed by atoms with Crippen LogP contribution < -0.4 is 11.1 Å². The van der Waals surface area contributed by atoms with Crippen LogP contribution in [-0.2, 0) is 4.74 Å². The number of thiophene rings is 1. The molecule has 1 aliphatic rings. The predicted molar refractivity (Wildman–Crippen MR) is 71.3 cm³/mol. The van der Waals surface area contributed by atoms with E-state index in [9.17, 15) is 4.79 Å². The van der Waals surface area contributed by atoms with Gasteiger partial charge in [0.15, 0.2) is 0 Å². The molecule has 17 heavy (non-hydrogen) atoms. The first-order valence-corrected chi connectivity index (χ1v) is 7.16. The summed E-state index contributed by atoms with van der Waals surface area (Å²) in [7, 11) is 0. The molecule has 0 aromatic carbocycles. The first-order chi connectivity index (χ1) is 8.11. The molecule has 0 saturated heterocycles. The van der Waals surface area contributed by atoms with E-state index in [2.05, 4.69) is 21.2 Å². The molecule has 0 aliphatic heterocycles. The topological polar surface area (TPSA) is 64.3 Å². The molecule has 1 amide bonds. The van der Waals surface area contributed by atoms with Gasteiger partial charge < -0.3 is 15.8 Å². The number of hydrogen-bond donors (Lipinski definition) is 2. The Bertz CT molecular complexity index is 408. The highest BCUT2D eigenvalue weighted by Gasteiger charge is 2.40. The van der Waals surface area contributed by atoms with Crippen molar-refractivity contribution in [3.63, 3.8) is 0 Å². The van der Waals surface area contributed by atoms with E-state index in [0.717, 1.165) is 10.2 Å². The van der Waals surface area contributed by atoms with E-state index < -0.39 is 0 Å². The molecule has 1 aromatic rings. The number of amides is 1. The molecule has 0 spiro atoms. The predicted octanol–water partition coefficient (Wildman–Crippen LogP) is 1.75. The average Bonchev–Trinajstić information content (AvgIpc) is 2.72. The van der Waals surface area contributed by atoms with Crippen LogP contribution in [0.3, 0.4) is 0 Å². The third kappa shape index (κ3) is 2.88. The quantitative estimate of drug-likeness (QED) is 0.889. The van der Waals surface area contributed by atoms with Gasteiger partial charge in [-0.2, -0.15) is 0 Å². The molecule has 94 valence electrons. The first-order valence-electron chi connectivity index (χ1n) is 5.55. The van der Waals surface area contributed by atoms with Crippen molar-refractivity contribution in [1.82, 2.24) is 5.32 Å². The maximum absolute atomic E-state index is 11.9. The van der Waals surface area contributed by atoms with Crippen molar-refractivity contribution in [2.45, 2.75) is 31.5 Å². The van der Waals surface area contributed by atoms with Crippen LogP contribution in [0.15, 0.2) is 15.9 Å². The number of carbonyl (C=O) groups is 1. The third-order valence-corrected chi connectivity index (χ3v) is 4.46. The number of hydrogen-bond acceptors (Lipinski definition) is 4. The molecule has 2 rings (SSSR count). The summed E-state index contributed by atoms with van der Waals surface area (Å²) in [6, 6.07) is 3.59. The van der Waals surface area contributed by atoms with Crippen LogP contribution in [-0.4, -0.2) is 30.7 Å². The van der Waals surface area contributed by atoms with Crippen LogP contribution in [0, 0.1) is 0 Å². The number of carbonyl (C=O) groups excluding carboxylic acids is 1. The number of nitrogens with two attached hydrogens (primary N) is 1. The molecular weight excluding hydrogens is 304 g/mol. The summed E-state index contributed by atoms with van der Waals surface area (Å²) in [5, 5.41) is 2.93. The van der Waals surface area contributed by atoms with E-state index >= 15 is 0 Å². The Hall–Kier alpha value is -0.430. The highest BCUT2D eigenvalue weighted by atomic mass is 79.9. The summed E-state index contributed by atoms with van der Waals surface area (Å²) < 4.78 is 6.45. The van der Waals surface area contributed by atoms with E-state index in [4.69, 9.17) is 10.5 Å². The number of ether oxygens (including phenoxy) is 1. The molecule has 0 bridgehead atoms. The lowest BCUT2D eigenvalue weighted by Crippen LogP contribution is -2.64. The Kier molecular flexibility index (Phi) is 4.19. The fourth-order valence-electron chi connectivity index (χ4n) is 1.89. The summed E-state index contributed by atoms with van der Waals surface area (Å²) in [5.41, 5.74) is 5.87. The number of halogens is 1. The number of rotatable bonds is 4. The van der Waals surface area contributed by atoms with Crippen LogP contribution >= 0.6 is 27.3 Å². The second kappa shape index (κ2) is 5.48. The van der Waals surface area contributed by atoms with Gasteiger partial charge in [-0.3, -0.25) is 4.79 Å². The van der Waals surface area contributed by atoms with Gasteiger partial charge in [-0.25, -0.2) is 0 Å². The Labute approximate surface area is 113 Å². The molecule has 1 heterocycles. The molecule has 1 aliphatic carbocycles. The van der Waals surface area contributed by atoms with Gasteiger partial charge in [-0.15, -0.1) is 11.3 Å². The largest absolute Gasteiger partial charge is 0.376 e.